The van der Waals surface area contributed by atoms with Crippen molar-refractivity contribution in [3.63, 3.8) is 0 Å². The number of carboxylic acid groups (broad SMARTS) is 1. The van der Waals surface area contributed by atoms with Crippen LogP contribution in [-0.4, -0.2) is 22.6 Å². The Morgan fingerprint density at radius 1 is 1.13 bits per heavy atom. The van der Waals surface area contributed by atoms with Crippen LogP contribution in [0.15, 0.2) is 12.2 Å². The fraction of sp³-hybridized carbons (Fsp3) is 0.737. The summed E-state index contributed by atoms with van der Waals surface area (Å²) in [7, 11) is 0. The van der Waals surface area contributed by atoms with Gasteiger partial charge in [-0.2, -0.15) is 0 Å². The summed E-state index contributed by atoms with van der Waals surface area (Å²) in [5.74, 6) is 0.0845. The Kier molecular flexibility index (Phi) is 9.49. The zero-order valence-electron chi connectivity index (χ0n) is 14.3. The zero-order valence-corrected chi connectivity index (χ0v) is 14.3. The van der Waals surface area contributed by atoms with Crippen LogP contribution in [0, 0.1) is 11.8 Å². The van der Waals surface area contributed by atoms with Crippen LogP contribution in [0.4, 0.5) is 0 Å². The van der Waals surface area contributed by atoms with Gasteiger partial charge in [-0.05, 0) is 37.7 Å². The maximum Gasteiger partial charge on any atom is 0.303 e. The monoisotopic (exact) mass is 322 g/mol. The third kappa shape index (κ3) is 8.10. The molecule has 0 radical (unpaired) electrons. The van der Waals surface area contributed by atoms with Crippen molar-refractivity contribution in [1.29, 1.82) is 0 Å². The SMILES string of the molecule is CCCC(=O)/C=C/C1CCC(=O)C1CCCCCCCC(=O)O. The molecule has 1 aliphatic carbocycles. The molecular weight excluding hydrogens is 292 g/mol. The summed E-state index contributed by atoms with van der Waals surface area (Å²) in [4.78, 5) is 34.0. The van der Waals surface area contributed by atoms with Gasteiger partial charge < -0.3 is 5.11 Å². The van der Waals surface area contributed by atoms with E-state index < -0.39 is 5.97 Å². The quantitative estimate of drug-likeness (QED) is 0.429. The van der Waals surface area contributed by atoms with E-state index in [0.717, 1.165) is 51.4 Å². The summed E-state index contributed by atoms with van der Waals surface area (Å²) in [6, 6.07) is 0. The van der Waals surface area contributed by atoms with Crippen molar-refractivity contribution >= 4 is 17.5 Å². The summed E-state index contributed by atoms with van der Waals surface area (Å²) in [6.07, 6.45) is 12.5. The highest BCUT2D eigenvalue weighted by Crippen LogP contribution is 2.33. The summed E-state index contributed by atoms with van der Waals surface area (Å²) < 4.78 is 0. The minimum absolute atomic E-state index is 0.0831. The molecule has 0 aliphatic heterocycles. The Labute approximate surface area is 139 Å². The molecule has 0 aromatic carbocycles. The van der Waals surface area contributed by atoms with Crippen molar-refractivity contribution in [2.24, 2.45) is 11.8 Å². The number of allylic oxidation sites excluding steroid dienone is 2. The number of ketones is 2. The van der Waals surface area contributed by atoms with E-state index in [4.69, 9.17) is 5.11 Å². The van der Waals surface area contributed by atoms with Gasteiger partial charge in [-0.25, -0.2) is 0 Å². The Bertz CT molecular complexity index is 425. The minimum Gasteiger partial charge on any atom is -0.481 e. The summed E-state index contributed by atoms with van der Waals surface area (Å²) in [5, 5.41) is 8.57. The van der Waals surface area contributed by atoms with Crippen molar-refractivity contribution < 1.29 is 19.5 Å². The number of aliphatic carboxylic acids is 1. The standard InChI is InChI=1S/C19H30O4/c1-2-8-16(20)13-11-15-12-14-18(21)17(15)9-6-4-3-5-7-10-19(22)23/h11,13,15,17H,2-10,12,14H2,1H3,(H,22,23)/b13-11+. The van der Waals surface area contributed by atoms with E-state index in [1.54, 1.807) is 6.08 Å². The Morgan fingerprint density at radius 2 is 1.83 bits per heavy atom. The lowest BCUT2D eigenvalue weighted by Crippen LogP contribution is -2.13. The molecule has 23 heavy (non-hydrogen) atoms. The number of hydrogen-bond acceptors (Lipinski definition) is 3. The highest BCUT2D eigenvalue weighted by atomic mass is 16.4. The Balaban J connectivity index is 2.25. The largest absolute Gasteiger partial charge is 0.481 e. The van der Waals surface area contributed by atoms with Gasteiger partial charge in [0.15, 0.2) is 5.78 Å². The van der Waals surface area contributed by atoms with Gasteiger partial charge in [0.2, 0.25) is 0 Å². The van der Waals surface area contributed by atoms with Crippen LogP contribution < -0.4 is 0 Å². The van der Waals surface area contributed by atoms with Gasteiger partial charge in [-0.3, -0.25) is 14.4 Å². The third-order valence-corrected chi connectivity index (χ3v) is 4.59. The van der Waals surface area contributed by atoms with Crippen LogP contribution in [-0.2, 0) is 14.4 Å². The van der Waals surface area contributed by atoms with Crippen LogP contribution in [0.2, 0.25) is 0 Å². The molecule has 0 heterocycles. The second kappa shape index (κ2) is 11.1. The Hall–Kier alpha value is -1.45. The van der Waals surface area contributed by atoms with Crippen LogP contribution >= 0.6 is 0 Å². The summed E-state index contributed by atoms with van der Waals surface area (Å²) >= 11 is 0. The van der Waals surface area contributed by atoms with Crippen LogP contribution in [0.1, 0.15) is 77.6 Å². The molecule has 0 amide bonds. The van der Waals surface area contributed by atoms with E-state index in [1.165, 1.54) is 0 Å². The molecule has 0 bridgehead atoms. The summed E-state index contributed by atoms with van der Waals surface area (Å²) in [5.41, 5.74) is 0. The molecule has 130 valence electrons. The first-order valence-corrected chi connectivity index (χ1v) is 9.00. The van der Waals surface area contributed by atoms with Crippen molar-refractivity contribution in [2.75, 3.05) is 0 Å². The first-order valence-electron chi connectivity index (χ1n) is 9.00. The van der Waals surface area contributed by atoms with Gasteiger partial charge in [-0.15, -0.1) is 0 Å². The highest BCUT2D eigenvalue weighted by molar-refractivity contribution is 5.90. The maximum absolute atomic E-state index is 12.0. The molecule has 0 aromatic rings. The molecule has 0 saturated heterocycles. The summed E-state index contributed by atoms with van der Waals surface area (Å²) in [6.45, 7) is 1.99. The van der Waals surface area contributed by atoms with E-state index in [0.29, 0.717) is 18.6 Å². The molecule has 4 heteroatoms. The topological polar surface area (TPSA) is 71.4 Å². The number of rotatable bonds is 12. The van der Waals surface area contributed by atoms with Gasteiger partial charge in [0.25, 0.3) is 0 Å². The van der Waals surface area contributed by atoms with Gasteiger partial charge >= 0.3 is 5.97 Å². The van der Waals surface area contributed by atoms with E-state index in [2.05, 4.69) is 0 Å². The highest BCUT2D eigenvalue weighted by Gasteiger charge is 2.32. The normalized spacial score (nSPS) is 21.2. The predicted octanol–water partition coefficient (Wildman–Crippen LogP) is 4.32. The lowest BCUT2D eigenvalue weighted by molar-refractivity contribution is -0.137. The molecule has 1 aliphatic rings. The number of hydrogen-bond donors (Lipinski definition) is 1. The first kappa shape index (κ1) is 19.6. The van der Waals surface area contributed by atoms with E-state index in [1.807, 2.05) is 13.0 Å². The zero-order chi connectivity index (χ0) is 17.1. The second-order valence-electron chi connectivity index (χ2n) is 6.55. The lowest BCUT2D eigenvalue weighted by Gasteiger charge is -2.14. The van der Waals surface area contributed by atoms with Gasteiger partial charge in [0.1, 0.15) is 5.78 Å². The van der Waals surface area contributed by atoms with E-state index in [9.17, 15) is 14.4 Å². The van der Waals surface area contributed by atoms with Crippen molar-refractivity contribution in [3.8, 4) is 0 Å². The molecule has 2 atom stereocenters. The van der Waals surface area contributed by atoms with E-state index in [-0.39, 0.29) is 24.0 Å². The average Bonchev–Trinajstić information content (AvgIpc) is 2.85. The molecule has 1 N–H and O–H groups in total. The Morgan fingerprint density at radius 3 is 2.52 bits per heavy atom. The molecule has 1 saturated carbocycles. The van der Waals surface area contributed by atoms with Crippen molar-refractivity contribution in [1.82, 2.24) is 0 Å². The third-order valence-electron chi connectivity index (χ3n) is 4.59. The van der Waals surface area contributed by atoms with Crippen LogP contribution in [0.25, 0.3) is 0 Å². The fourth-order valence-corrected chi connectivity index (χ4v) is 3.27. The molecule has 0 aromatic heterocycles. The lowest BCUT2D eigenvalue weighted by atomic mass is 9.89. The molecule has 1 rings (SSSR count). The van der Waals surface area contributed by atoms with Crippen molar-refractivity contribution in [3.05, 3.63) is 12.2 Å². The average molecular weight is 322 g/mol. The number of Topliss-reactive ketones (excluding diaryl/α,β-unsaturated/α-hetero) is 1. The fourth-order valence-electron chi connectivity index (χ4n) is 3.27. The maximum atomic E-state index is 12.0. The molecule has 1 fully saturated rings. The van der Waals surface area contributed by atoms with Gasteiger partial charge in [-0.1, -0.05) is 38.7 Å². The van der Waals surface area contributed by atoms with Gasteiger partial charge in [0, 0.05) is 25.2 Å². The number of unbranched alkanes of at least 4 members (excludes halogenated alkanes) is 4. The van der Waals surface area contributed by atoms with E-state index >= 15 is 0 Å². The second-order valence-corrected chi connectivity index (χ2v) is 6.55. The minimum atomic E-state index is -0.728. The van der Waals surface area contributed by atoms with Crippen molar-refractivity contribution in [2.45, 2.75) is 77.6 Å². The smallest absolute Gasteiger partial charge is 0.303 e. The number of carbonyl (C=O) groups is 3. The molecule has 2 unspecified atom stereocenters. The molecule has 0 spiro atoms. The molecule has 4 nitrogen and oxygen atoms in total. The van der Waals surface area contributed by atoms with Crippen LogP contribution in [0.3, 0.4) is 0 Å². The molecular formula is C19H30O4. The number of carboxylic acids is 1. The predicted molar refractivity (Wildman–Crippen MR) is 90.2 cm³/mol. The first-order chi connectivity index (χ1) is 11.0. The number of carbonyl (C=O) groups excluding carboxylic acids is 2. The van der Waals surface area contributed by atoms with Gasteiger partial charge in [0.05, 0.1) is 0 Å². The van der Waals surface area contributed by atoms with Crippen LogP contribution in [0.5, 0.6) is 0 Å².